The van der Waals surface area contributed by atoms with E-state index < -0.39 is 0 Å². The first-order chi connectivity index (χ1) is 10.4. The largest absolute Gasteiger partial charge is 0.325 e. The molecule has 1 aromatic carbocycles. The van der Waals surface area contributed by atoms with Crippen molar-refractivity contribution in [2.24, 2.45) is 0 Å². The molecule has 0 atom stereocenters. The van der Waals surface area contributed by atoms with Crippen molar-refractivity contribution in [2.45, 2.75) is 26.8 Å². The number of halogens is 1. The molecule has 2 rings (SSSR count). The van der Waals surface area contributed by atoms with Crippen LogP contribution in [0.4, 0.5) is 9.80 Å². The van der Waals surface area contributed by atoms with Gasteiger partial charge in [0.05, 0.1) is 5.69 Å². The van der Waals surface area contributed by atoms with Crippen LogP contribution in [0.15, 0.2) is 30.3 Å². The lowest BCUT2D eigenvalue weighted by atomic mass is 10.1. The lowest BCUT2D eigenvalue weighted by molar-refractivity contribution is 0.205. The average molecular weight is 338 g/mol. The number of hydrogen-bond donors (Lipinski definition) is 0. The van der Waals surface area contributed by atoms with E-state index >= 15 is 0 Å². The Bertz CT molecular complexity index is 639. The lowest BCUT2D eigenvalue weighted by Gasteiger charge is -2.28. The van der Waals surface area contributed by atoms with E-state index in [1.54, 1.807) is 9.80 Å². The summed E-state index contributed by atoms with van der Waals surface area (Å²) < 4.78 is 4.46. The minimum absolute atomic E-state index is 0.0104. The number of amides is 2. The van der Waals surface area contributed by atoms with Crippen molar-refractivity contribution in [1.82, 2.24) is 9.27 Å². The fourth-order valence-electron chi connectivity index (χ4n) is 1.95. The summed E-state index contributed by atoms with van der Waals surface area (Å²) in [7, 11) is 1.82. The van der Waals surface area contributed by atoms with Crippen LogP contribution in [0.5, 0.6) is 0 Å². The van der Waals surface area contributed by atoms with Crippen molar-refractivity contribution in [3.8, 4) is 11.3 Å². The molecule has 0 aliphatic rings. The van der Waals surface area contributed by atoms with Crippen LogP contribution in [0.2, 0.25) is 5.02 Å². The van der Waals surface area contributed by atoms with Crippen molar-refractivity contribution in [3.05, 3.63) is 35.4 Å². The first kappa shape index (κ1) is 16.8. The first-order valence-electron chi connectivity index (χ1n) is 7.21. The van der Waals surface area contributed by atoms with Gasteiger partial charge in [0.25, 0.3) is 0 Å². The van der Waals surface area contributed by atoms with E-state index in [9.17, 15) is 4.79 Å². The Morgan fingerprint density at radius 3 is 2.50 bits per heavy atom. The molecule has 4 nitrogen and oxygen atoms in total. The van der Waals surface area contributed by atoms with Crippen LogP contribution in [-0.4, -0.2) is 34.9 Å². The summed E-state index contributed by atoms with van der Waals surface area (Å²) in [6.07, 6.45) is 0. The molecule has 0 unspecified atom stereocenters. The molecule has 0 fully saturated rings. The molecule has 2 aromatic rings. The highest BCUT2D eigenvalue weighted by molar-refractivity contribution is 7.10. The second-order valence-corrected chi connectivity index (χ2v) is 6.51. The molecule has 0 bridgehead atoms. The molecule has 2 amide bonds. The zero-order valence-electron chi connectivity index (χ0n) is 13.2. The Hall–Kier alpha value is -1.59. The molecule has 0 aliphatic carbocycles. The molecule has 0 saturated carbocycles. The van der Waals surface area contributed by atoms with Gasteiger partial charge in [-0.25, -0.2) is 4.79 Å². The zero-order chi connectivity index (χ0) is 16.3. The molecule has 0 saturated heterocycles. The van der Waals surface area contributed by atoms with Gasteiger partial charge >= 0.3 is 6.03 Å². The maximum Gasteiger partial charge on any atom is 0.325 e. The van der Waals surface area contributed by atoms with Gasteiger partial charge < -0.3 is 4.90 Å². The van der Waals surface area contributed by atoms with Gasteiger partial charge in [-0.05, 0) is 44.4 Å². The quantitative estimate of drug-likeness (QED) is 0.807. The van der Waals surface area contributed by atoms with Crippen molar-refractivity contribution in [2.75, 3.05) is 18.5 Å². The molecule has 1 heterocycles. The summed E-state index contributed by atoms with van der Waals surface area (Å²) in [5.74, 6) is 0. The van der Waals surface area contributed by atoms with Gasteiger partial charge in [0.2, 0.25) is 0 Å². The van der Waals surface area contributed by atoms with Gasteiger partial charge in [0.1, 0.15) is 5.00 Å². The van der Waals surface area contributed by atoms with E-state index in [0.29, 0.717) is 11.6 Å². The zero-order valence-corrected chi connectivity index (χ0v) is 14.8. The third-order valence-corrected chi connectivity index (χ3v) is 4.59. The third kappa shape index (κ3) is 3.59. The molecule has 22 heavy (non-hydrogen) atoms. The number of aromatic nitrogens is 1. The Morgan fingerprint density at radius 1 is 1.32 bits per heavy atom. The topological polar surface area (TPSA) is 36.4 Å². The Labute approximate surface area is 140 Å². The molecule has 0 aliphatic heterocycles. The Kier molecular flexibility index (Phi) is 5.42. The van der Waals surface area contributed by atoms with E-state index in [4.69, 9.17) is 11.6 Å². The highest BCUT2D eigenvalue weighted by atomic mass is 35.5. The minimum Gasteiger partial charge on any atom is -0.325 e. The predicted molar refractivity (Wildman–Crippen MR) is 93.9 cm³/mol. The second kappa shape index (κ2) is 7.11. The van der Waals surface area contributed by atoms with Gasteiger partial charge in [-0.2, -0.15) is 4.37 Å². The van der Waals surface area contributed by atoms with Crippen LogP contribution in [0.25, 0.3) is 11.3 Å². The number of carbonyl (C=O) groups excluding carboxylic acids is 1. The first-order valence-corrected chi connectivity index (χ1v) is 8.36. The highest BCUT2D eigenvalue weighted by Gasteiger charge is 2.22. The summed E-state index contributed by atoms with van der Waals surface area (Å²) in [6, 6.07) is 9.63. The van der Waals surface area contributed by atoms with E-state index in [-0.39, 0.29) is 12.1 Å². The SMILES string of the molecule is CCN(C(=O)N(C)C(C)C)c1cc(-c2ccc(Cl)cc2)ns1. The number of benzene rings is 1. The molecule has 0 radical (unpaired) electrons. The van der Waals surface area contributed by atoms with E-state index in [1.807, 2.05) is 58.2 Å². The number of hydrogen-bond acceptors (Lipinski definition) is 3. The molecule has 118 valence electrons. The molecular weight excluding hydrogens is 318 g/mol. The number of carbonyl (C=O) groups is 1. The van der Waals surface area contributed by atoms with E-state index in [1.165, 1.54) is 11.5 Å². The smallest absolute Gasteiger partial charge is 0.325 e. The van der Waals surface area contributed by atoms with E-state index in [2.05, 4.69) is 4.37 Å². The maximum absolute atomic E-state index is 12.5. The summed E-state index contributed by atoms with van der Waals surface area (Å²) in [6.45, 7) is 6.57. The second-order valence-electron chi connectivity index (χ2n) is 5.29. The van der Waals surface area contributed by atoms with Crippen molar-refractivity contribution < 1.29 is 4.79 Å². The van der Waals surface area contributed by atoms with Crippen LogP contribution in [0.1, 0.15) is 20.8 Å². The van der Waals surface area contributed by atoms with Crippen LogP contribution in [0.3, 0.4) is 0 Å². The highest BCUT2D eigenvalue weighted by Crippen LogP contribution is 2.29. The number of urea groups is 1. The standard InChI is InChI=1S/C16H20ClN3OS/c1-5-20(16(21)19(4)11(2)3)15-10-14(18-22-15)12-6-8-13(17)9-7-12/h6-11H,5H2,1-4H3. The van der Waals surface area contributed by atoms with Crippen molar-refractivity contribution >= 4 is 34.2 Å². The monoisotopic (exact) mass is 337 g/mol. The number of anilines is 1. The van der Waals surface area contributed by atoms with Crippen molar-refractivity contribution in [3.63, 3.8) is 0 Å². The summed E-state index contributed by atoms with van der Waals surface area (Å²) in [4.78, 5) is 16.0. The lowest BCUT2D eigenvalue weighted by Crippen LogP contribution is -2.44. The average Bonchev–Trinajstić information content (AvgIpc) is 2.97. The van der Waals surface area contributed by atoms with Crippen LogP contribution < -0.4 is 4.90 Å². The Morgan fingerprint density at radius 2 is 1.95 bits per heavy atom. The van der Waals surface area contributed by atoms with Gasteiger partial charge in [0, 0.05) is 36.3 Å². The van der Waals surface area contributed by atoms with Gasteiger partial charge in [0.15, 0.2) is 0 Å². The van der Waals surface area contributed by atoms with E-state index in [0.717, 1.165) is 16.3 Å². The number of rotatable bonds is 4. The minimum atomic E-state index is -0.0104. The third-order valence-electron chi connectivity index (χ3n) is 3.53. The number of nitrogens with zero attached hydrogens (tertiary/aromatic N) is 3. The molecular formula is C16H20ClN3OS. The van der Waals surface area contributed by atoms with Crippen LogP contribution >= 0.6 is 23.1 Å². The van der Waals surface area contributed by atoms with Gasteiger partial charge in [-0.1, -0.05) is 23.7 Å². The molecule has 0 N–H and O–H groups in total. The van der Waals surface area contributed by atoms with Gasteiger partial charge in [-0.15, -0.1) is 0 Å². The van der Waals surface area contributed by atoms with Crippen LogP contribution in [0, 0.1) is 0 Å². The fraction of sp³-hybridized carbons (Fsp3) is 0.375. The molecule has 1 aromatic heterocycles. The normalized spacial score (nSPS) is 10.8. The maximum atomic E-state index is 12.5. The molecule has 0 spiro atoms. The van der Waals surface area contributed by atoms with Gasteiger partial charge in [-0.3, -0.25) is 4.90 Å². The Balaban J connectivity index is 2.25. The fourth-order valence-corrected chi connectivity index (χ4v) is 2.89. The molecule has 6 heteroatoms. The predicted octanol–water partition coefficient (Wildman–Crippen LogP) is 4.75. The van der Waals surface area contributed by atoms with Crippen molar-refractivity contribution in [1.29, 1.82) is 0 Å². The summed E-state index contributed by atoms with van der Waals surface area (Å²) in [5, 5.41) is 1.55. The summed E-state index contributed by atoms with van der Waals surface area (Å²) in [5.41, 5.74) is 1.85. The van der Waals surface area contributed by atoms with Crippen LogP contribution in [-0.2, 0) is 0 Å². The summed E-state index contributed by atoms with van der Waals surface area (Å²) >= 11 is 7.24.